The van der Waals surface area contributed by atoms with Crippen LogP contribution >= 0.6 is 0 Å². The molecule has 7 heteroatoms. The molecule has 2 atom stereocenters. The van der Waals surface area contributed by atoms with Gasteiger partial charge in [0.05, 0.1) is 0 Å². The van der Waals surface area contributed by atoms with Crippen LogP contribution in [0.4, 0.5) is 4.79 Å². The van der Waals surface area contributed by atoms with Crippen LogP contribution in [0.2, 0.25) is 0 Å². The van der Waals surface area contributed by atoms with Crippen LogP contribution in [-0.4, -0.2) is 35.2 Å². The molecule has 0 saturated heterocycles. The average molecular weight is 398 g/mol. The number of amides is 2. The monoisotopic (exact) mass is 398 g/mol. The van der Waals surface area contributed by atoms with Gasteiger partial charge >= 0.3 is 12.1 Å². The molecule has 0 aliphatic heterocycles. The van der Waals surface area contributed by atoms with Gasteiger partial charge in [0.25, 0.3) is 0 Å². The van der Waals surface area contributed by atoms with E-state index in [1.165, 1.54) is 0 Å². The second-order valence-electron chi connectivity index (χ2n) is 6.64. The van der Waals surface area contributed by atoms with Gasteiger partial charge in [0.1, 0.15) is 18.7 Å². The quantitative estimate of drug-likeness (QED) is 0.571. The van der Waals surface area contributed by atoms with Gasteiger partial charge in [-0.3, -0.25) is 4.79 Å². The summed E-state index contributed by atoms with van der Waals surface area (Å²) in [6.07, 6.45) is 0.425. The van der Waals surface area contributed by atoms with Crippen molar-refractivity contribution in [2.45, 2.75) is 44.9 Å². The van der Waals surface area contributed by atoms with Crippen molar-refractivity contribution in [1.82, 2.24) is 10.6 Å². The Hall–Kier alpha value is -3.35. The van der Waals surface area contributed by atoms with Crippen LogP contribution in [0.3, 0.4) is 0 Å². The highest BCUT2D eigenvalue weighted by Gasteiger charge is 2.26. The molecule has 2 amide bonds. The molecule has 0 saturated carbocycles. The van der Waals surface area contributed by atoms with Gasteiger partial charge in [-0.25, -0.2) is 9.59 Å². The third kappa shape index (κ3) is 7.65. The Labute approximate surface area is 170 Å². The summed E-state index contributed by atoms with van der Waals surface area (Å²) in [6, 6.07) is 16.3. The highest BCUT2D eigenvalue weighted by Crippen LogP contribution is 2.06. The van der Waals surface area contributed by atoms with E-state index in [1.807, 2.05) is 43.3 Å². The Kier molecular flexibility index (Phi) is 8.69. The van der Waals surface area contributed by atoms with Crippen LogP contribution in [0.25, 0.3) is 0 Å². The molecule has 0 heterocycles. The van der Waals surface area contributed by atoms with E-state index >= 15 is 0 Å². The second-order valence-corrected chi connectivity index (χ2v) is 6.64. The summed E-state index contributed by atoms with van der Waals surface area (Å²) in [5, 5.41) is 14.5. The van der Waals surface area contributed by atoms with Crippen LogP contribution < -0.4 is 10.6 Å². The van der Waals surface area contributed by atoms with E-state index in [0.29, 0.717) is 12.8 Å². The molecule has 0 spiro atoms. The van der Waals surface area contributed by atoms with Crippen molar-refractivity contribution in [3.05, 3.63) is 71.8 Å². The molecule has 0 radical (unpaired) electrons. The maximum Gasteiger partial charge on any atom is 0.408 e. The minimum absolute atomic E-state index is 0.0822. The number of carboxylic acids is 1. The number of carbonyl (C=O) groups excluding carboxylic acids is 2. The molecule has 2 rings (SSSR count). The SMILES string of the molecule is CCCC(NC(=O)OCc1ccccc1)C(=O)NC(Cc1ccccc1)C(=O)O. The van der Waals surface area contributed by atoms with E-state index in [-0.39, 0.29) is 13.0 Å². The van der Waals surface area contributed by atoms with Gasteiger partial charge in [0.2, 0.25) is 5.91 Å². The Morgan fingerprint density at radius 3 is 2.03 bits per heavy atom. The van der Waals surface area contributed by atoms with Crippen LogP contribution in [0, 0.1) is 0 Å². The predicted molar refractivity (Wildman–Crippen MR) is 108 cm³/mol. The maximum absolute atomic E-state index is 12.6. The summed E-state index contributed by atoms with van der Waals surface area (Å²) in [4.78, 5) is 36.3. The first-order valence-electron chi connectivity index (χ1n) is 9.54. The first kappa shape index (κ1) is 21.9. The molecule has 0 bridgehead atoms. The van der Waals surface area contributed by atoms with E-state index in [1.54, 1.807) is 24.3 Å². The summed E-state index contributed by atoms with van der Waals surface area (Å²) in [7, 11) is 0. The predicted octanol–water partition coefficient (Wildman–Crippen LogP) is 2.89. The van der Waals surface area contributed by atoms with Gasteiger partial charge in [-0.05, 0) is 17.5 Å². The third-order valence-electron chi connectivity index (χ3n) is 4.30. The number of aliphatic carboxylic acids is 1. The number of carbonyl (C=O) groups is 3. The van der Waals surface area contributed by atoms with Gasteiger partial charge in [0.15, 0.2) is 0 Å². The molecule has 0 aliphatic carbocycles. The largest absolute Gasteiger partial charge is 0.480 e. The van der Waals surface area contributed by atoms with Crippen molar-refractivity contribution < 1.29 is 24.2 Å². The fourth-order valence-electron chi connectivity index (χ4n) is 2.79. The minimum Gasteiger partial charge on any atom is -0.480 e. The number of hydrogen-bond donors (Lipinski definition) is 3. The van der Waals surface area contributed by atoms with Gasteiger partial charge in [-0.2, -0.15) is 0 Å². The van der Waals surface area contributed by atoms with E-state index in [9.17, 15) is 19.5 Å². The van der Waals surface area contributed by atoms with Crippen molar-refractivity contribution >= 4 is 18.0 Å². The van der Waals surface area contributed by atoms with E-state index in [2.05, 4.69) is 10.6 Å². The molecule has 7 nitrogen and oxygen atoms in total. The lowest BCUT2D eigenvalue weighted by molar-refractivity contribution is -0.142. The number of hydrogen-bond acceptors (Lipinski definition) is 4. The zero-order valence-electron chi connectivity index (χ0n) is 16.3. The smallest absolute Gasteiger partial charge is 0.408 e. The molecule has 29 heavy (non-hydrogen) atoms. The number of nitrogens with one attached hydrogen (secondary N) is 2. The van der Waals surface area contributed by atoms with Crippen molar-refractivity contribution in [3.8, 4) is 0 Å². The fraction of sp³-hybridized carbons (Fsp3) is 0.318. The number of benzene rings is 2. The van der Waals surface area contributed by atoms with Crippen molar-refractivity contribution in [1.29, 1.82) is 0 Å². The van der Waals surface area contributed by atoms with Crippen molar-refractivity contribution in [3.63, 3.8) is 0 Å². The van der Waals surface area contributed by atoms with Gasteiger partial charge in [-0.15, -0.1) is 0 Å². The standard InChI is InChI=1S/C22H26N2O5/c1-2-9-18(24-22(28)29-15-17-12-7-4-8-13-17)20(25)23-19(21(26)27)14-16-10-5-3-6-11-16/h3-8,10-13,18-19H,2,9,14-15H2,1H3,(H,23,25)(H,24,28)(H,26,27). The third-order valence-corrected chi connectivity index (χ3v) is 4.30. The molecule has 154 valence electrons. The Bertz CT molecular complexity index is 795. The Morgan fingerprint density at radius 1 is 0.897 bits per heavy atom. The Balaban J connectivity index is 1.93. The first-order chi connectivity index (χ1) is 14.0. The summed E-state index contributed by atoms with van der Waals surface area (Å²) in [6.45, 7) is 1.95. The number of alkyl carbamates (subject to hydrolysis) is 1. The average Bonchev–Trinajstić information content (AvgIpc) is 2.73. The van der Waals surface area contributed by atoms with Crippen molar-refractivity contribution in [2.75, 3.05) is 0 Å². The Morgan fingerprint density at radius 2 is 1.48 bits per heavy atom. The number of ether oxygens (including phenoxy) is 1. The highest BCUT2D eigenvalue weighted by atomic mass is 16.5. The van der Waals surface area contributed by atoms with Gasteiger partial charge in [-0.1, -0.05) is 74.0 Å². The molecular formula is C22H26N2O5. The first-order valence-corrected chi connectivity index (χ1v) is 9.54. The zero-order chi connectivity index (χ0) is 21.1. The lowest BCUT2D eigenvalue weighted by Crippen LogP contribution is -2.52. The van der Waals surface area contributed by atoms with E-state index in [4.69, 9.17) is 4.74 Å². The molecule has 0 fully saturated rings. The highest BCUT2D eigenvalue weighted by molar-refractivity contribution is 5.89. The molecule has 3 N–H and O–H groups in total. The van der Waals surface area contributed by atoms with Crippen molar-refractivity contribution in [2.24, 2.45) is 0 Å². The summed E-state index contributed by atoms with van der Waals surface area (Å²) in [5.41, 5.74) is 1.62. The maximum atomic E-state index is 12.6. The molecule has 2 aromatic rings. The molecule has 0 aliphatic rings. The summed E-state index contributed by atoms with van der Waals surface area (Å²) < 4.78 is 5.16. The topological polar surface area (TPSA) is 105 Å². The van der Waals surface area contributed by atoms with E-state index in [0.717, 1.165) is 11.1 Å². The van der Waals surface area contributed by atoms with Crippen LogP contribution in [-0.2, 0) is 27.4 Å². The number of carboxylic acid groups (broad SMARTS) is 1. The van der Waals surface area contributed by atoms with Crippen LogP contribution in [0.15, 0.2) is 60.7 Å². The zero-order valence-corrected chi connectivity index (χ0v) is 16.3. The summed E-state index contributed by atoms with van der Waals surface area (Å²) in [5.74, 6) is -1.68. The second kappa shape index (κ2) is 11.5. The van der Waals surface area contributed by atoms with Gasteiger partial charge < -0.3 is 20.5 Å². The summed E-state index contributed by atoms with van der Waals surface area (Å²) >= 11 is 0. The molecule has 2 unspecified atom stereocenters. The normalized spacial score (nSPS) is 12.4. The molecule has 2 aromatic carbocycles. The fourth-order valence-corrected chi connectivity index (χ4v) is 2.79. The molecular weight excluding hydrogens is 372 g/mol. The van der Waals surface area contributed by atoms with Crippen LogP contribution in [0.1, 0.15) is 30.9 Å². The number of rotatable bonds is 10. The lowest BCUT2D eigenvalue weighted by Gasteiger charge is -2.21. The van der Waals surface area contributed by atoms with Gasteiger partial charge in [0, 0.05) is 6.42 Å². The van der Waals surface area contributed by atoms with E-state index < -0.39 is 30.1 Å². The minimum atomic E-state index is -1.14. The lowest BCUT2D eigenvalue weighted by atomic mass is 10.0. The van der Waals surface area contributed by atoms with Crippen LogP contribution in [0.5, 0.6) is 0 Å². The molecule has 0 aromatic heterocycles.